The Morgan fingerprint density at radius 1 is 0.793 bits per heavy atom. The highest BCUT2D eigenvalue weighted by Gasteiger charge is 2.46. The van der Waals surface area contributed by atoms with Crippen molar-refractivity contribution in [2.75, 3.05) is 13.1 Å². The minimum absolute atomic E-state index is 0.290. The van der Waals surface area contributed by atoms with Crippen molar-refractivity contribution < 1.29 is 18.3 Å². The van der Waals surface area contributed by atoms with Crippen LogP contribution in [0.4, 0.5) is 13.2 Å². The first kappa shape index (κ1) is 20.4. The zero-order chi connectivity index (χ0) is 20.5. The van der Waals surface area contributed by atoms with Gasteiger partial charge < -0.3 is 5.11 Å². The molecule has 0 unspecified atom stereocenters. The highest BCUT2D eigenvalue weighted by atomic mass is 19.1. The van der Waals surface area contributed by atoms with Crippen LogP contribution in [0.5, 0.6) is 0 Å². The predicted octanol–water partition coefficient (Wildman–Crippen LogP) is 5.33. The highest BCUT2D eigenvalue weighted by Crippen LogP contribution is 2.46. The zero-order valence-electron chi connectivity index (χ0n) is 16.6. The normalized spacial score (nSPS) is 28.4. The van der Waals surface area contributed by atoms with Gasteiger partial charge in [-0.25, -0.2) is 13.2 Å². The molecule has 4 rings (SSSR count). The van der Waals surface area contributed by atoms with Gasteiger partial charge in [0.1, 0.15) is 17.5 Å². The third kappa shape index (κ3) is 4.22. The summed E-state index contributed by atoms with van der Waals surface area (Å²) < 4.78 is 41.5. The second kappa shape index (κ2) is 8.11. The third-order valence-electron chi connectivity index (χ3n) is 6.94. The highest BCUT2D eigenvalue weighted by molar-refractivity contribution is 5.26. The zero-order valence-corrected chi connectivity index (χ0v) is 16.6. The van der Waals surface area contributed by atoms with E-state index in [9.17, 15) is 18.3 Å². The van der Waals surface area contributed by atoms with E-state index in [2.05, 4.69) is 4.90 Å². The van der Waals surface area contributed by atoms with Gasteiger partial charge in [0, 0.05) is 5.54 Å². The van der Waals surface area contributed by atoms with Gasteiger partial charge in [-0.05, 0) is 99.5 Å². The molecule has 1 aliphatic heterocycles. The second-order valence-electron chi connectivity index (χ2n) is 8.72. The molecule has 0 bridgehead atoms. The van der Waals surface area contributed by atoms with Gasteiger partial charge in [0.05, 0.1) is 5.60 Å². The van der Waals surface area contributed by atoms with Gasteiger partial charge in [0.2, 0.25) is 0 Å². The van der Waals surface area contributed by atoms with Crippen LogP contribution in [0.15, 0.2) is 42.5 Å². The van der Waals surface area contributed by atoms with Crippen LogP contribution in [0.2, 0.25) is 0 Å². The molecule has 2 aromatic rings. The molecule has 2 nitrogen and oxygen atoms in total. The summed E-state index contributed by atoms with van der Waals surface area (Å²) in [6.07, 6.45) is 6.27. The number of nitrogens with zero attached hydrogens (tertiary/aromatic N) is 1. The maximum atomic E-state index is 14.4. The van der Waals surface area contributed by atoms with Crippen molar-refractivity contribution in [2.45, 2.75) is 62.5 Å². The lowest BCUT2D eigenvalue weighted by atomic mass is 9.68. The lowest BCUT2D eigenvalue weighted by Crippen LogP contribution is -2.56. The van der Waals surface area contributed by atoms with Crippen molar-refractivity contribution in [3.63, 3.8) is 0 Å². The number of aliphatic hydroxyl groups is 1. The molecule has 1 heterocycles. The first-order valence-corrected chi connectivity index (χ1v) is 10.6. The largest absolute Gasteiger partial charge is 0.385 e. The van der Waals surface area contributed by atoms with Gasteiger partial charge in [-0.3, -0.25) is 4.90 Å². The molecule has 2 aromatic carbocycles. The molecule has 1 aliphatic carbocycles. The van der Waals surface area contributed by atoms with Crippen LogP contribution in [0.3, 0.4) is 0 Å². The van der Waals surface area contributed by atoms with E-state index < -0.39 is 11.4 Å². The lowest BCUT2D eigenvalue weighted by Gasteiger charge is -2.52. The molecule has 2 aliphatic rings. The lowest BCUT2D eigenvalue weighted by molar-refractivity contribution is -0.0646. The Labute approximate surface area is 170 Å². The fourth-order valence-corrected chi connectivity index (χ4v) is 5.18. The van der Waals surface area contributed by atoms with Gasteiger partial charge in [-0.1, -0.05) is 18.6 Å². The topological polar surface area (TPSA) is 23.5 Å². The Morgan fingerprint density at radius 2 is 1.41 bits per heavy atom. The van der Waals surface area contributed by atoms with Crippen molar-refractivity contribution >= 4 is 0 Å². The van der Waals surface area contributed by atoms with Crippen LogP contribution in [0.25, 0.3) is 0 Å². The molecule has 29 heavy (non-hydrogen) atoms. The summed E-state index contributed by atoms with van der Waals surface area (Å²) in [5.74, 6) is -1.12. The van der Waals surface area contributed by atoms with Crippen molar-refractivity contribution in [3.05, 3.63) is 71.0 Å². The smallest absolute Gasteiger partial charge is 0.126 e. The Balaban J connectivity index is 1.60. The number of rotatable bonds is 4. The van der Waals surface area contributed by atoms with Crippen LogP contribution in [-0.4, -0.2) is 28.6 Å². The molecule has 0 atom stereocenters. The third-order valence-corrected chi connectivity index (χ3v) is 6.94. The van der Waals surface area contributed by atoms with Crippen molar-refractivity contribution in [2.24, 2.45) is 0 Å². The standard InChI is InChI=1S/C24H28F3NO/c25-20-6-4-19(5-7-20)24(29)12-10-23(11-13-24,28-14-2-1-3-15-28)17-18-16-21(26)8-9-22(18)27/h4-9,16,29H,1-3,10-15,17H2. The molecule has 0 aromatic heterocycles. The molecule has 1 N–H and O–H groups in total. The van der Waals surface area contributed by atoms with Crippen LogP contribution >= 0.6 is 0 Å². The van der Waals surface area contributed by atoms with E-state index in [0.29, 0.717) is 37.7 Å². The Bertz CT molecular complexity index is 838. The first-order valence-electron chi connectivity index (χ1n) is 10.6. The van der Waals surface area contributed by atoms with Crippen LogP contribution in [0.1, 0.15) is 56.1 Å². The molecule has 1 saturated heterocycles. The average molecular weight is 403 g/mol. The number of hydrogen-bond donors (Lipinski definition) is 1. The number of halogens is 3. The fraction of sp³-hybridized carbons (Fsp3) is 0.500. The van der Waals surface area contributed by atoms with Gasteiger partial charge in [-0.2, -0.15) is 0 Å². The van der Waals surface area contributed by atoms with Gasteiger partial charge in [0.25, 0.3) is 0 Å². The fourth-order valence-electron chi connectivity index (χ4n) is 5.18. The van der Waals surface area contributed by atoms with Crippen molar-refractivity contribution in [3.8, 4) is 0 Å². The van der Waals surface area contributed by atoms with E-state index in [-0.39, 0.29) is 17.2 Å². The molecular weight excluding hydrogens is 375 g/mol. The van der Waals surface area contributed by atoms with Crippen LogP contribution in [-0.2, 0) is 12.0 Å². The average Bonchev–Trinajstić information content (AvgIpc) is 2.74. The van der Waals surface area contributed by atoms with E-state index in [1.165, 1.54) is 30.7 Å². The Kier molecular flexibility index (Phi) is 5.71. The second-order valence-corrected chi connectivity index (χ2v) is 8.72. The maximum Gasteiger partial charge on any atom is 0.126 e. The Morgan fingerprint density at radius 3 is 2.07 bits per heavy atom. The van der Waals surface area contributed by atoms with E-state index in [0.717, 1.165) is 37.6 Å². The maximum absolute atomic E-state index is 14.4. The van der Waals surface area contributed by atoms with Crippen molar-refractivity contribution in [1.82, 2.24) is 4.90 Å². The van der Waals surface area contributed by atoms with Gasteiger partial charge in [0.15, 0.2) is 0 Å². The van der Waals surface area contributed by atoms with Crippen LogP contribution in [0, 0.1) is 17.5 Å². The summed E-state index contributed by atoms with van der Waals surface area (Å²) in [5.41, 5.74) is -0.166. The molecule has 2 fully saturated rings. The number of piperidine rings is 1. The molecule has 0 radical (unpaired) electrons. The summed E-state index contributed by atoms with van der Waals surface area (Å²) in [7, 11) is 0. The van der Waals surface area contributed by atoms with Crippen LogP contribution < -0.4 is 0 Å². The monoisotopic (exact) mass is 403 g/mol. The minimum Gasteiger partial charge on any atom is -0.385 e. The molecule has 0 spiro atoms. The Hall–Kier alpha value is -1.85. The van der Waals surface area contributed by atoms with Crippen molar-refractivity contribution in [1.29, 1.82) is 0 Å². The molecule has 0 amide bonds. The number of likely N-dealkylation sites (tertiary alicyclic amines) is 1. The molecule has 156 valence electrons. The summed E-state index contributed by atoms with van der Waals surface area (Å²) in [6, 6.07) is 9.71. The summed E-state index contributed by atoms with van der Waals surface area (Å²) in [5, 5.41) is 11.3. The van der Waals surface area contributed by atoms with E-state index in [1.807, 2.05) is 0 Å². The summed E-state index contributed by atoms with van der Waals surface area (Å²) >= 11 is 0. The predicted molar refractivity (Wildman–Crippen MR) is 107 cm³/mol. The quantitative estimate of drug-likeness (QED) is 0.746. The number of benzene rings is 2. The van der Waals surface area contributed by atoms with E-state index in [4.69, 9.17) is 0 Å². The van der Waals surface area contributed by atoms with E-state index in [1.54, 1.807) is 12.1 Å². The van der Waals surface area contributed by atoms with E-state index >= 15 is 0 Å². The first-order chi connectivity index (χ1) is 13.9. The molecule has 1 saturated carbocycles. The molecular formula is C24H28F3NO. The summed E-state index contributed by atoms with van der Waals surface area (Å²) in [4.78, 5) is 2.44. The summed E-state index contributed by atoms with van der Waals surface area (Å²) in [6.45, 7) is 1.90. The SMILES string of the molecule is OC1(c2ccc(F)cc2)CCC(Cc2cc(F)ccc2F)(N2CCCCC2)CC1. The van der Waals surface area contributed by atoms with Gasteiger partial charge >= 0.3 is 0 Å². The minimum atomic E-state index is -1.01. The molecule has 5 heteroatoms. The number of hydrogen-bond acceptors (Lipinski definition) is 2. The van der Waals surface area contributed by atoms with Gasteiger partial charge in [-0.15, -0.1) is 0 Å².